The topological polar surface area (TPSA) is 91.3 Å². The van der Waals surface area contributed by atoms with E-state index < -0.39 is 13.9 Å². The number of phosphoric ester groups is 1. The van der Waals surface area contributed by atoms with E-state index in [4.69, 9.17) is 18.5 Å². The zero-order valence-corrected chi connectivity index (χ0v) is 35.9. The van der Waals surface area contributed by atoms with Crippen LogP contribution in [0.15, 0.2) is 48.6 Å². The van der Waals surface area contributed by atoms with Crippen LogP contribution < -0.4 is 0 Å². The molecule has 0 aromatic carbocycles. The van der Waals surface area contributed by atoms with E-state index in [-0.39, 0.29) is 25.8 Å². The Bertz CT molecular complexity index is 989. The summed E-state index contributed by atoms with van der Waals surface area (Å²) in [6, 6.07) is 0. The molecule has 2 unspecified atom stereocenters. The number of unbranched alkanes of at least 4 members (excludes halogenated alkanes) is 17. The summed E-state index contributed by atoms with van der Waals surface area (Å²) in [6.07, 6.45) is 44.4. The van der Waals surface area contributed by atoms with E-state index in [1.807, 2.05) is 21.1 Å². The zero-order chi connectivity index (χ0) is 39.1. The molecule has 310 valence electrons. The number of allylic oxidation sites excluding steroid dienone is 8. The molecule has 0 amide bonds. The Hall–Kier alpha value is -1.54. The highest BCUT2D eigenvalue weighted by atomic mass is 31.2. The molecule has 0 aliphatic carbocycles. The smallest absolute Gasteiger partial charge is 0.463 e. The predicted molar refractivity (Wildman–Crippen MR) is 224 cm³/mol. The van der Waals surface area contributed by atoms with Gasteiger partial charge in [0.1, 0.15) is 25.9 Å². The zero-order valence-electron chi connectivity index (χ0n) is 35.0. The van der Waals surface area contributed by atoms with Crippen molar-refractivity contribution in [1.29, 1.82) is 0 Å². The van der Waals surface area contributed by atoms with Crippen LogP contribution in [0.3, 0.4) is 0 Å². The third kappa shape index (κ3) is 41.5. The fraction of sp³-hybridized carbons (Fsp3) is 0.795. The number of likely N-dealkylation sites (N-methyl/N-ethyl adjacent to an activating group) is 1. The second-order valence-corrected chi connectivity index (χ2v) is 16.8. The van der Waals surface area contributed by atoms with Crippen molar-refractivity contribution in [2.75, 3.05) is 54.1 Å². The van der Waals surface area contributed by atoms with Gasteiger partial charge in [-0.05, 0) is 57.8 Å². The van der Waals surface area contributed by atoms with E-state index in [1.54, 1.807) is 0 Å². The van der Waals surface area contributed by atoms with Gasteiger partial charge in [-0.1, -0.05) is 152 Å². The third-order valence-corrected chi connectivity index (χ3v) is 9.92. The molecule has 0 fully saturated rings. The molecular formula is C44H83NO7P+. The molecule has 0 aliphatic heterocycles. The molecule has 0 saturated carbocycles. The van der Waals surface area contributed by atoms with Crippen molar-refractivity contribution in [3.05, 3.63) is 48.6 Å². The molecule has 0 aromatic heterocycles. The molecule has 0 aromatic rings. The summed E-state index contributed by atoms with van der Waals surface area (Å²) in [7, 11) is 1.68. The van der Waals surface area contributed by atoms with Crippen LogP contribution >= 0.6 is 7.82 Å². The molecule has 0 radical (unpaired) electrons. The number of nitrogens with zero attached hydrogens (tertiary/aromatic N) is 1. The van der Waals surface area contributed by atoms with E-state index in [0.717, 1.165) is 57.8 Å². The lowest BCUT2D eigenvalue weighted by Crippen LogP contribution is -2.37. The Kier molecular flexibility index (Phi) is 36.3. The van der Waals surface area contributed by atoms with Crippen molar-refractivity contribution >= 4 is 13.8 Å². The van der Waals surface area contributed by atoms with Crippen LogP contribution in [0.4, 0.5) is 0 Å². The van der Waals surface area contributed by atoms with Gasteiger partial charge < -0.3 is 18.9 Å². The summed E-state index contributed by atoms with van der Waals surface area (Å²) in [5, 5.41) is 0. The summed E-state index contributed by atoms with van der Waals surface area (Å²) >= 11 is 0. The number of carbonyl (C=O) groups is 1. The van der Waals surface area contributed by atoms with Crippen LogP contribution in [-0.2, 0) is 27.9 Å². The average molecular weight is 769 g/mol. The molecule has 2 atom stereocenters. The molecule has 0 bridgehead atoms. The number of quaternary nitrogens is 1. The Morgan fingerprint density at radius 1 is 0.585 bits per heavy atom. The van der Waals surface area contributed by atoms with Crippen molar-refractivity contribution in [2.45, 2.75) is 174 Å². The number of rotatable bonds is 39. The SMILES string of the molecule is CCCCC/C=C\C/C=C\C/C=C\C/C=C\CCCCOC(COC(=O)CCCCCCCCCCCCCCC)COP(=O)(O)OCC[N+](C)(C)C. The normalized spacial score (nSPS) is 14.3. The highest BCUT2D eigenvalue weighted by molar-refractivity contribution is 7.47. The lowest BCUT2D eigenvalue weighted by molar-refractivity contribution is -0.870. The van der Waals surface area contributed by atoms with Gasteiger partial charge in [-0.15, -0.1) is 0 Å². The Labute approximate surface area is 327 Å². The van der Waals surface area contributed by atoms with Gasteiger partial charge in [-0.3, -0.25) is 13.8 Å². The van der Waals surface area contributed by atoms with Crippen molar-refractivity contribution in [3.63, 3.8) is 0 Å². The maximum atomic E-state index is 12.5. The summed E-state index contributed by atoms with van der Waals surface area (Å²) in [4.78, 5) is 22.6. The van der Waals surface area contributed by atoms with Crippen molar-refractivity contribution in [3.8, 4) is 0 Å². The van der Waals surface area contributed by atoms with Gasteiger partial charge in [0.2, 0.25) is 0 Å². The largest absolute Gasteiger partial charge is 0.472 e. The van der Waals surface area contributed by atoms with E-state index in [9.17, 15) is 14.3 Å². The van der Waals surface area contributed by atoms with Crippen LogP contribution in [0.1, 0.15) is 168 Å². The molecule has 1 N–H and O–H groups in total. The lowest BCUT2D eigenvalue weighted by atomic mass is 10.0. The molecule has 8 nitrogen and oxygen atoms in total. The van der Waals surface area contributed by atoms with Crippen LogP contribution in [0, 0.1) is 0 Å². The van der Waals surface area contributed by atoms with Crippen molar-refractivity contribution < 1.29 is 37.3 Å². The van der Waals surface area contributed by atoms with Gasteiger partial charge in [0.25, 0.3) is 0 Å². The Balaban J connectivity index is 4.34. The first kappa shape index (κ1) is 51.5. The Morgan fingerprint density at radius 2 is 1.04 bits per heavy atom. The van der Waals surface area contributed by atoms with E-state index in [1.165, 1.54) is 89.9 Å². The summed E-state index contributed by atoms with van der Waals surface area (Å²) in [5.41, 5.74) is 0. The molecular weight excluding hydrogens is 685 g/mol. The molecule has 53 heavy (non-hydrogen) atoms. The maximum absolute atomic E-state index is 12.5. The predicted octanol–water partition coefficient (Wildman–Crippen LogP) is 12.4. The van der Waals surface area contributed by atoms with E-state index in [0.29, 0.717) is 24.1 Å². The van der Waals surface area contributed by atoms with Gasteiger partial charge in [-0.25, -0.2) is 4.57 Å². The first-order valence-electron chi connectivity index (χ1n) is 21.4. The minimum absolute atomic E-state index is 0.0205. The van der Waals surface area contributed by atoms with E-state index in [2.05, 4.69) is 62.5 Å². The number of phosphoric acid groups is 1. The third-order valence-electron chi connectivity index (χ3n) is 8.93. The van der Waals surface area contributed by atoms with Gasteiger partial charge >= 0.3 is 13.8 Å². The second-order valence-electron chi connectivity index (χ2n) is 15.4. The maximum Gasteiger partial charge on any atom is 0.472 e. The summed E-state index contributed by atoms with van der Waals surface area (Å²) in [5.74, 6) is -0.270. The number of esters is 1. The fourth-order valence-corrected chi connectivity index (χ4v) is 6.25. The van der Waals surface area contributed by atoms with Crippen LogP contribution in [0.25, 0.3) is 0 Å². The number of ether oxygens (including phenoxy) is 2. The fourth-order valence-electron chi connectivity index (χ4n) is 5.51. The minimum Gasteiger partial charge on any atom is -0.463 e. The van der Waals surface area contributed by atoms with E-state index >= 15 is 0 Å². The van der Waals surface area contributed by atoms with Gasteiger partial charge in [0.05, 0.1) is 27.7 Å². The highest BCUT2D eigenvalue weighted by Crippen LogP contribution is 2.43. The van der Waals surface area contributed by atoms with Crippen molar-refractivity contribution in [1.82, 2.24) is 0 Å². The molecule has 0 rings (SSSR count). The first-order valence-corrected chi connectivity index (χ1v) is 22.9. The standard InChI is InChI=1S/C44H82NO7P/c1-6-8-10-12-14-16-18-20-21-22-23-24-26-28-30-32-34-36-39-49-43(42-52-53(47,48)51-40-38-45(3,4)5)41-50-44(46)37-35-33-31-29-27-25-19-17-15-13-11-9-7-2/h14,16,20-21,23-24,28,30,43H,6-13,15,17-19,22,25-27,29,31-42H2,1-5H3/p+1/b16-14-,21-20-,24-23-,30-28-. The molecule has 0 heterocycles. The first-order chi connectivity index (χ1) is 25.6. The monoisotopic (exact) mass is 769 g/mol. The van der Waals surface area contributed by atoms with Crippen molar-refractivity contribution in [2.24, 2.45) is 0 Å². The van der Waals surface area contributed by atoms with Crippen LogP contribution in [0.5, 0.6) is 0 Å². The molecule has 0 spiro atoms. The Morgan fingerprint density at radius 3 is 1.55 bits per heavy atom. The second kappa shape index (κ2) is 37.4. The number of hydrogen-bond acceptors (Lipinski definition) is 6. The van der Waals surface area contributed by atoms with Crippen LogP contribution in [-0.4, -0.2) is 75.6 Å². The van der Waals surface area contributed by atoms with Crippen LogP contribution in [0.2, 0.25) is 0 Å². The lowest BCUT2D eigenvalue weighted by Gasteiger charge is -2.24. The van der Waals surface area contributed by atoms with Gasteiger partial charge in [0, 0.05) is 13.0 Å². The van der Waals surface area contributed by atoms with Gasteiger partial charge in [-0.2, -0.15) is 0 Å². The van der Waals surface area contributed by atoms with Gasteiger partial charge in [0.15, 0.2) is 0 Å². The molecule has 0 aliphatic rings. The quantitative estimate of drug-likeness (QED) is 0.0219. The highest BCUT2D eigenvalue weighted by Gasteiger charge is 2.25. The summed E-state index contributed by atoms with van der Waals surface area (Å²) < 4.78 is 34.9. The molecule has 9 heteroatoms. The number of hydrogen-bond donors (Lipinski definition) is 1. The number of carbonyl (C=O) groups excluding carboxylic acids is 1. The average Bonchev–Trinajstić information content (AvgIpc) is 3.11. The summed E-state index contributed by atoms with van der Waals surface area (Å²) in [6.45, 7) is 5.37. The minimum atomic E-state index is -4.25. The molecule has 0 saturated heterocycles.